The van der Waals surface area contributed by atoms with Crippen molar-refractivity contribution in [3.05, 3.63) is 59.7 Å². The SMILES string of the molecule is CCOc1ccc(CC(=O)Nc2cccc(CN3CCCCC3)c2)cc1. The van der Waals surface area contributed by atoms with Crippen LogP contribution in [0.25, 0.3) is 0 Å². The van der Waals surface area contributed by atoms with Crippen molar-refractivity contribution in [2.75, 3.05) is 25.0 Å². The number of carbonyl (C=O) groups is 1. The van der Waals surface area contributed by atoms with Crippen molar-refractivity contribution >= 4 is 11.6 Å². The molecule has 1 amide bonds. The van der Waals surface area contributed by atoms with E-state index in [2.05, 4.69) is 22.3 Å². The van der Waals surface area contributed by atoms with Crippen molar-refractivity contribution < 1.29 is 9.53 Å². The second kappa shape index (κ2) is 9.39. The molecular formula is C22H28N2O2. The Kier molecular flexibility index (Phi) is 6.67. The summed E-state index contributed by atoms with van der Waals surface area (Å²) in [5.74, 6) is 0.839. The van der Waals surface area contributed by atoms with Gasteiger partial charge < -0.3 is 10.1 Å². The van der Waals surface area contributed by atoms with E-state index in [4.69, 9.17) is 4.74 Å². The van der Waals surface area contributed by atoms with E-state index < -0.39 is 0 Å². The van der Waals surface area contributed by atoms with Crippen molar-refractivity contribution in [2.24, 2.45) is 0 Å². The number of nitrogens with one attached hydrogen (secondary N) is 1. The van der Waals surface area contributed by atoms with Crippen LogP contribution in [0.2, 0.25) is 0 Å². The number of hydrogen-bond acceptors (Lipinski definition) is 3. The Morgan fingerprint density at radius 1 is 1.04 bits per heavy atom. The summed E-state index contributed by atoms with van der Waals surface area (Å²) < 4.78 is 5.43. The van der Waals surface area contributed by atoms with Gasteiger partial charge in [-0.25, -0.2) is 0 Å². The summed E-state index contributed by atoms with van der Waals surface area (Å²) in [5.41, 5.74) is 3.11. The molecule has 1 heterocycles. The Morgan fingerprint density at radius 2 is 1.81 bits per heavy atom. The van der Waals surface area contributed by atoms with Gasteiger partial charge in [0.15, 0.2) is 0 Å². The molecule has 4 heteroatoms. The molecule has 1 aliphatic rings. The van der Waals surface area contributed by atoms with Crippen molar-refractivity contribution in [2.45, 2.75) is 39.2 Å². The molecule has 138 valence electrons. The van der Waals surface area contributed by atoms with Gasteiger partial charge in [-0.1, -0.05) is 30.7 Å². The highest BCUT2D eigenvalue weighted by molar-refractivity contribution is 5.92. The van der Waals surface area contributed by atoms with Gasteiger partial charge >= 0.3 is 0 Å². The Hall–Kier alpha value is -2.33. The normalized spacial score (nSPS) is 14.8. The number of rotatable bonds is 7. The van der Waals surface area contributed by atoms with E-state index in [1.165, 1.54) is 37.9 Å². The molecular weight excluding hydrogens is 324 g/mol. The predicted molar refractivity (Wildman–Crippen MR) is 106 cm³/mol. The van der Waals surface area contributed by atoms with Gasteiger partial charge in [-0.3, -0.25) is 9.69 Å². The van der Waals surface area contributed by atoms with Gasteiger partial charge in [0.2, 0.25) is 5.91 Å². The van der Waals surface area contributed by atoms with Crippen LogP contribution < -0.4 is 10.1 Å². The average molecular weight is 352 g/mol. The van der Waals surface area contributed by atoms with Crippen LogP contribution in [-0.2, 0) is 17.8 Å². The molecule has 0 bridgehead atoms. The molecule has 0 spiro atoms. The minimum absolute atomic E-state index is 0.00397. The topological polar surface area (TPSA) is 41.6 Å². The fourth-order valence-corrected chi connectivity index (χ4v) is 3.38. The molecule has 0 unspecified atom stereocenters. The quantitative estimate of drug-likeness (QED) is 0.810. The Bertz CT molecular complexity index is 706. The van der Waals surface area contributed by atoms with Crippen LogP contribution >= 0.6 is 0 Å². The molecule has 0 aliphatic carbocycles. The largest absolute Gasteiger partial charge is 0.494 e. The summed E-state index contributed by atoms with van der Waals surface area (Å²) in [4.78, 5) is 14.8. The van der Waals surface area contributed by atoms with Crippen LogP contribution in [0.4, 0.5) is 5.69 Å². The third-order valence-corrected chi connectivity index (χ3v) is 4.66. The number of likely N-dealkylation sites (tertiary alicyclic amines) is 1. The average Bonchev–Trinajstić information content (AvgIpc) is 2.65. The van der Waals surface area contributed by atoms with Gasteiger partial charge in [-0.05, 0) is 68.2 Å². The summed E-state index contributed by atoms with van der Waals surface area (Å²) in [6.07, 6.45) is 4.29. The van der Waals surface area contributed by atoms with E-state index in [1.807, 2.05) is 43.3 Å². The monoisotopic (exact) mass is 352 g/mol. The van der Waals surface area contributed by atoms with Crippen molar-refractivity contribution in [3.63, 3.8) is 0 Å². The first kappa shape index (κ1) is 18.5. The van der Waals surface area contributed by atoms with Crippen molar-refractivity contribution in [1.82, 2.24) is 4.90 Å². The maximum absolute atomic E-state index is 12.3. The molecule has 1 N–H and O–H groups in total. The first-order chi connectivity index (χ1) is 12.7. The Morgan fingerprint density at radius 3 is 2.54 bits per heavy atom. The van der Waals surface area contributed by atoms with E-state index in [-0.39, 0.29) is 5.91 Å². The minimum atomic E-state index is 0.00397. The van der Waals surface area contributed by atoms with Crippen LogP contribution in [-0.4, -0.2) is 30.5 Å². The second-order valence-corrected chi connectivity index (χ2v) is 6.84. The lowest BCUT2D eigenvalue weighted by Gasteiger charge is -2.26. The molecule has 0 aromatic heterocycles. The second-order valence-electron chi connectivity index (χ2n) is 6.84. The number of piperidine rings is 1. The van der Waals surface area contributed by atoms with Crippen LogP contribution in [0, 0.1) is 0 Å². The summed E-state index contributed by atoms with van der Waals surface area (Å²) in [6.45, 7) is 5.92. The minimum Gasteiger partial charge on any atom is -0.494 e. The lowest BCUT2D eigenvalue weighted by atomic mass is 10.1. The molecule has 0 radical (unpaired) electrons. The van der Waals surface area contributed by atoms with Crippen LogP contribution in [0.5, 0.6) is 5.75 Å². The first-order valence-corrected chi connectivity index (χ1v) is 9.56. The molecule has 2 aromatic rings. The fraction of sp³-hybridized carbons (Fsp3) is 0.409. The highest BCUT2D eigenvalue weighted by atomic mass is 16.5. The van der Waals surface area contributed by atoms with Gasteiger partial charge in [0.1, 0.15) is 5.75 Å². The van der Waals surface area contributed by atoms with E-state index in [0.717, 1.165) is 23.5 Å². The zero-order chi connectivity index (χ0) is 18.2. The summed E-state index contributed by atoms with van der Waals surface area (Å²) in [5, 5.41) is 3.02. The number of anilines is 1. The number of hydrogen-bond donors (Lipinski definition) is 1. The maximum Gasteiger partial charge on any atom is 0.228 e. The van der Waals surface area contributed by atoms with Gasteiger partial charge in [0, 0.05) is 12.2 Å². The van der Waals surface area contributed by atoms with E-state index in [1.54, 1.807) is 0 Å². The molecule has 2 aromatic carbocycles. The van der Waals surface area contributed by atoms with Gasteiger partial charge in [-0.2, -0.15) is 0 Å². The molecule has 1 fully saturated rings. The molecule has 4 nitrogen and oxygen atoms in total. The predicted octanol–water partition coefficient (Wildman–Crippen LogP) is 4.25. The van der Waals surface area contributed by atoms with Crippen molar-refractivity contribution in [1.29, 1.82) is 0 Å². The summed E-state index contributed by atoms with van der Waals surface area (Å²) >= 11 is 0. The van der Waals surface area contributed by atoms with Gasteiger partial charge in [0.05, 0.1) is 13.0 Å². The van der Waals surface area contributed by atoms with Gasteiger partial charge in [-0.15, -0.1) is 0 Å². The van der Waals surface area contributed by atoms with Crippen LogP contribution in [0.1, 0.15) is 37.3 Å². The van der Waals surface area contributed by atoms with E-state index in [9.17, 15) is 4.79 Å². The smallest absolute Gasteiger partial charge is 0.228 e. The molecule has 3 rings (SSSR count). The van der Waals surface area contributed by atoms with Gasteiger partial charge in [0.25, 0.3) is 0 Å². The Labute approximate surface area is 156 Å². The number of carbonyl (C=O) groups excluding carboxylic acids is 1. The Balaban J connectivity index is 1.54. The molecule has 26 heavy (non-hydrogen) atoms. The molecule has 0 atom stereocenters. The van der Waals surface area contributed by atoms with Crippen LogP contribution in [0.15, 0.2) is 48.5 Å². The lowest BCUT2D eigenvalue weighted by Crippen LogP contribution is -2.29. The number of ether oxygens (including phenoxy) is 1. The zero-order valence-electron chi connectivity index (χ0n) is 15.5. The number of nitrogens with zero attached hydrogens (tertiary/aromatic N) is 1. The first-order valence-electron chi connectivity index (χ1n) is 9.56. The standard InChI is InChI=1S/C22H28N2O2/c1-2-26-21-11-9-18(10-12-21)16-22(25)23-20-8-6-7-19(15-20)17-24-13-4-3-5-14-24/h6-12,15H,2-5,13-14,16-17H2,1H3,(H,23,25). The number of amides is 1. The summed E-state index contributed by atoms with van der Waals surface area (Å²) in [6, 6.07) is 15.9. The number of benzene rings is 2. The van der Waals surface area contributed by atoms with Crippen molar-refractivity contribution in [3.8, 4) is 5.75 Å². The molecule has 1 saturated heterocycles. The lowest BCUT2D eigenvalue weighted by molar-refractivity contribution is -0.115. The highest BCUT2D eigenvalue weighted by Crippen LogP contribution is 2.17. The molecule has 0 saturated carbocycles. The maximum atomic E-state index is 12.3. The molecule has 1 aliphatic heterocycles. The third kappa shape index (κ3) is 5.60. The third-order valence-electron chi connectivity index (χ3n) is 4.66. The fourth-order valence-electron chi connectivity index (χ4n) is 3.38. The van der Waals surface area contributed by atoms with E-state index >= 15 is 0 Å². The zero-order valence-corrected chi connectivity index (χ0v) is 15.5. The highest BCUT2D eigenvalue weighted by Gasteiger charge is 2.11. The van der Waals surface area contributed by atoms with Crippen LogP contribution in [0.3, 0.4) is 0 Å². The summed E-state index contributed by atoms with van der Waals surface area (Å²) in [7, 11) is 0. The van der Waals surface area contributed by atoms with E-state index in [0.29, 0.717) is 13.0 Å².